The van der Waals surface area contributed by atoms with E-state index in [4.69, 9.17) is 16.9 Å². The molecule has 0 saturated heterocycles. The number of aryl methyl sites for hydroxylation is 1. The number of nitrogens with one attached hydrogen (secondary N) is 1. The van der Waals surface area contributed by atoms with Crippen LogP contribution in [-0.2, 0) is 0 Å². The standard InChI is InChI=1S/C13H9ClN4O/c1-8-6-17-12(7-16-8)13(19)18-10-2-3-11(14)9(4-10)5-15/h2-4,6-7H,1H3,(H,18,19). The molecule has 1 N–H and O–H groups in total. The van der Waals surface area contributed by atoms with Crippen molar-refractivity contribution >= 4 is 23.2 Å². The molecule has 0 aliphatic heterocycles. The van der Waals surface area contributed by atoms with Crippen LogP contribution in [0, 0.1) is 18.3 Å². The molecule has 5 nitrogen and oxygen atoms in total. The molecule has 0 fully saturated rings. The average Bonchev–Trinajstić information content (AvgIpc) is 2.41. The van der Waals surface area contributed by atoms with Crippen molar-refractivity contribution in [1.29, 1.82) is 5.26 Å². The Labute approximate surface area is 114 Å². The molecule has 0 spiro atoms. The third kappa shape index (κ3) is 3.06. The van der Waals surface area contributed by atoms with E-state index in [2.05, 4.69) is 15.3 Å². The van der Waals surface area contributed by atoms with Crippen LogP contribution in [0.4, 0.5) is 5.69 Å². The Hall–Kier alpha value is -2.45. The number of benzene rings is 1. The molecule has 6 heteroatoms. The Morgan fingerprint density at radius 1 is 1.37 bits per heavy atom. The molecule has 1 aromatic heterocycles. The normalized spacial score (nSPS) is 9.74. The molecule has 0 saturated carbocycles. The summed E-state index contributed by atoms with van der Waals surface area (Å²) in [4.78, 5) is 19.8. The van der Waals surface area contributed by atoms with Gasteiger partial charge >= 0.3 is 0 Å². The van der Waals surface area contributed by atoms with Crippen molar-refractivity contribution in [2.45, 2.75) is 6.92 Å². The Morgan fingerprint density at radius 3 is 2.79 bits per heavy atom. The number of nitrogens with zero attached hydrogens (tertiary/aromatic N) is 3. The van der Waals surface area contributed by atoms with Crippen molar-refractivity contribution in [3.8, 4) is 6.07 Å². The van der Waals surface area contributed by atoms with Gasteiger partial charge in [0.1, 0.15) is 11.8 Å². The number of nitriles is 1. The summed E-state index contributed by atoms with van der Waals surface area (Å²) in [6.07, 6.45) is 2.91. The van der Waals surface area contributed by atoms with Crippen LogP contribution in [0.3, 0.4) is 0 Å². The summed E-state index contributed by atoms with van der Waals surface area (Å²) in [5, 5.41) is 11.8. The first-order valence-electron chi connectivity index (χ1n) is 5.40. The maximum absolute atomic E-state index is 11.9. The fourth-order valence-electron chi connectivity index (χ4n) is 1.39. The van der Waals surface area contributed by atoms with Crippen LogP contribution >= 0.6 is 11.6 Å². The predicted octanol–water partition coefficient (Wildman–Crippen LogP) is 2.56. The minimum Gasteiger partial charge on any atom is -0.321 e. The van der Waals surface area contributed by atoms with Gasteiger partial charge in [0.15, 0.2) is 0 Å². The molecule has 1 aromatic carbocycles. The maximum Gasteiger partial charge on any atom is 0.275 e. The zero-order chi connectivity index (χ0) is 13.8. The lowest BCUT2D eigenvalue weighted by molar-refractivity contribution is 0.102. The predicted molar refractivity (Wildman–Crippen MR) is 70.9 cm³/mol. The maximum atomic E-state index is 11.9. The molecule has 0 atom stereocenters. The fourth-order valence-corrected chi connectivity index (χ4v) is 1.55. The summed E-state index contributed by atoms with van der Waals surface area (Å²) in [7, 11) is 0. The van der Waals surface area contributed by atoms with Gasteiger partial charge in [-0.05, 0) is 25.1 Å². The van der Waals surface area contributed by atoms with Gasteiger partial charge in [-0.1, -0.05) is 11.6 Å². The number of amides is 1. The average molecular weight is 273 g/mol. The lowest BCUT2D eigenvalue weighted by Crippen LogP contribution is -2.14. The van der Waals surface area contributed by atoms with Gasteiger partial charge in [-0.2, -0.15) is 5.26 Å². The zero-order valence-electron chi connectivity index (χ0n) is 10.0. The molecular weight excluding hydrogens is 264 g/mol. The number of rotatable bonds is 2. The van der Waals surface area contributed by atoms with E-state index in [0.717, 1.165) is 5.69 Å². The minimum absolute atomic E-state index is 0.207. The number of carbonyl (C=O) groups is 1. The van der Waals surface area contributed by atoms with Gasteiger partial charge in [-0.25, -0.2) is 4.98 Å². The highest BCUT2D eigenvalue weighted by atomic mass is 35.5. The van der Waals surface area contributed by atoms with E-state index < -0.39 is 5.91 Å². The third-order valence-corrected chi connectivity index (χ3v) is 2.69. The van der Waals surface area contributed by atoms with Crippen LogP contribution in [0.5, 0.6) is 0 Å². The van der Waals surface area contributed by atoms with Crippen LogP contribution in [0.2, 0.25) is 5.02 Å². The van der Waals surface area contributed by atoms with Gasteiger partial charge in [0.05, 0.1) is 22.5 Å². The summed E-state index contributed by atoms with van der Waals surface area (Å²) < 4.78 is 0. The lowest BCUT2D eigenvalue weighted by Gasteiger charge is -2.05. The fraction of sp³-hybridized carbons (Fsp3) is 0.0769. The van der Waals surface area contributed by atoms with Gasteiger partial charge in [0.25, 0.3) is 5.91 Å². The minimum atomic E-state index is -0.390. The number of carbonyl (C=O) groups excluding carboxylic acids is 1. The molecule has 0 unspecified atom stereocenters. The van der Waals surface area contributed by atoms with Crippen molar-refractivity contribution in [2.24, 2.45) is 0 Å². The number of hydrogen-bond donors (Lipinski definition) is 1. The molecule has 0 aliphatic rings. The Balaban J connectivity index is 2.20. The Bertz CT molecular complexity index is 661. The van der Waals surface area contributed by atoms with E-state index in [0.29, 0.717) is 16.3 Å². The van der Waals surface area contributed by atoms with Crippen molar-refractivity contribution in [2.75, 3.05) is 5.32 Å². The van der Waals surface area contributed by atoms with E-state index in [1.165, 1.54) is 18.5 Å². The van der Waals surface area contributed by atoms with Gasteiger partial charge < -0.3 is 5.32 Å². The largest absolute Gasteiger partial charge is 0.321 e. The third-order valence-electron chi connectivity index (χ3n) is 2.36. The van der Waals surface area contributed by atoms with Crippen molar-refractivity contribution in [3.05, 3.63) is 52.6 Å². The van der Waals surface area contributed by atoms with E-state index in [9.17, 15) is 4.79 Å². The SMILES string of the molecule is Cc1cnc(C(=O)Nc2ccc(Cl)c(C#N)c2)cn1. The summed E-state index contributed by atoms with van der Waals surface area (Å²) in [5.74, 6) is -0.390. The molecule has 1 amide bonds. The van der Waals surface area contributed by atoms with E-state index in [1.54, 1.807) is 19.1 Å². The first-order chi connectivity index (χ1) is 9.10. The molecule has 1 heterocycles. The molecular formula is C13H9ClN4O. The van der Waals surface area contributed by atoms with Crippen molar-refractivity contribution in [1.82, 2.24) is 9.97 Å². The first-order valence-corrected chi connectivity index (χ1v) is 5.77. The molecule has 2 aromatic rings. The molecule has 19 heavy (non-hydrogen) atoms. The van der Waals surface area contributed by atoms with Gasteiger partial charge in [-0.3, -0.25) is 9.78 Å². The zero-order valence-corrected chi connectivity index (χ0v) is 10.8. The second-order valence-electron chi connectivity index (χ2n) is 3.80. The summed E-state index contributed by atoms with van der Waals surface area (Å²) in [6.45, 7) is 1.78. The number of hydrogen-bond acceptors (Lipinski definition) is 4. The highest BCUT2D eigenvalue weighted by Crippen LogP contribution is 2.19. The van der Waals surface area contributed by atoms with Crippen LogP contribution in [0.1, 0.15) is 21.7 Å². The van der Waals surface area contributed by atoms with Crippen LogP contribution in [-0.4, -0.2) is 15.9 Å². The second-order valence-corrected chi connectivity index (χ2v) is 4.21. The molecule has 0 aliphatic carbocycles. The van der Waals surface area contributed by atoms with Crippen molar-refractivity contribution < 1.29 is 4.79 Å². The summed E-state index contributed by atoms with van der Waals surface area (Å²) in [5.41, 5.74) is 1.72. The summed E-state index contributed by atoms with van der Waals surface area (Å²) >= 11 is 5.81. The van der Waals surface area contributed by atoms with Gasteiger partial charge in [0.2, 0.25) is 0 Å². The first kappa shape index (κ1) is 13.0. The highest BCUT2D eigenvalue weighted by molar-refractivity contribution is 6.31. The van der Waals surface area contributed by atoms with Gasteiger partial charge in [0, 0.05) is 11.9 Å². The molecule has 0 bridgehead atoms. The smallest absolute Gasteiger partial charge is 0.275 e. The molecule has 94 valence electrons. The van der Waals surface area contributed by atoms with Crippen LogP contribution < -0.4 is 5.32 Å². The summed E-state index contributed by atoms with van der Waals surface area (Å²) in [6, 6.07) is 6.61. The lowest BCUT2D eigenvalue weighted by atomic mass is 10.2. The van der Waals surface area contributed by atoms with E-state index in [-0.39, 0.29) is 5.69 Å². The number of aromatic nitrogens is 2. The number of anilines is 1. The quantitative estimate of drug-likeness (QED) is 0.911. The van der Waals surface area contributed by atoms with Crippen molar-refractivity contribution in [3.63, 3.8) is 0 Å². The Morgan fingerprint density at radius 2 is 2.16 bits per heavy atom. The second kappa shape index (κ2) is 5.46. The Kier molecular flexibility index (Phi) is 3.74. The molecule has 0 radical (unpaired) electrons. The van der Waals surface area contributed by atoms with Gasteiger partial charge in [-0.15, -0.1) is 0 Å². The monoisotopic (exact) mass is 272 g/mol. The van der Waals surface area contributed by atoms with E-state index in [1.807, 2.05) is 6.07 Å². The topological polar surface area (TPSA) is 78.7 Å². The van der Waals surface area contributed by atoms with E-state index >= 15 is 0 Å². The van der Waals surface area contributed by atoms with Crippen LogP contribution in [0.25, 0.3) is 0 Å². The highest BCUT2D eigenvalue weighted by Gasteiger charge is 2.09. The molecule has 2 rings (SSSR count). The number of halogens is 1. The van der Waals surface area contributed by atoms with Crippen LogP contribution in [0.15, 0.2) is 30.6 Å².